The molecule has 3 N–H and O–H groups in total. The minimum Gasteiger partial charge on any atom is -0.393 e. The summed E-state index contributed by atoms with van der Waals surface area (Å²) in [7, 11) is -3.75. The average Bonchev–Trinajstić information content (AvgIpc) is 2.89. The lowest BCUT2D eigenvalue weighted by atomic mass is 10.2. The lowest BCUT2D eigenvalue weighted by Gasteiger charge is -2.11. The van der Waals surface area contributed by atoms with Gasteiger partial charge in [-0.2, -0.15) is 0 Å². The van der Waals surface area contributed by atoms with Gasteiger partial charge < -0.3 is 10.5 Å². The summed E-state index contributed by atoms with van der Waals surface area (Å²) in [4.78, 5) is 9.87. The maximum Gasteiger partial charge on any atom is 0.292 e. The molecule has 1 aromatic carbocycles. The van der Waals surface area contributed by atoms with Gasteiger partial charge in [-0.25, -0.2) is 13.1 Å². The van der Waals surface area contributed by atoms with Gasteiger partial charge in [0.25, 0.3) is 5.69 Å². The Labute approximate surface area is 116 Å². The number of anilines is 1. The molecule has 1 saturated heterocycles. The molecule has 1 heterocycles. The number of benzene rings is 1. The number of nitrogens with one attached hydrogen (secondary N) is 1. The van der Waals surface area contributed by atoms with Gasteiger partial charge in [-0.1, -0.05) is 0 Å². The third-order valence-corrected chi connectivity index (χ3v) is 4.45. The first kappa shape index (κ1) is 14.7. The van der Waals surface area contributed by atoms with E-state index in [1.807, 2.05) is 0 Å². The largest absolute Gasteiger partial charge is 0.393 e. The molecule has 1 aromatic rings. The van der Waals surface area contributed by atoms with Gasteiger partial charge in [0.05, 0.1) is 15.9 Å². The Bertz CT molecular complexity index is 610. The molecule has 2 rings (SSSR count). The smallest absolute Gasteiger partial charge is 0.292 e. The fourth-order valence-corrected chi connectivity index (χ4v) is 3.06. The standard InChI is InChI=1S/C11H15N3O5S/c12-10-6-9(3-4-11(10)14(15)16)20(17,18)13-7-8-2-1-5-19-8/h3-4,6,8,13H,1-2,5,7,12H2. The molecule has 1 aliphatic rings. The predicted molar refractivity (Wildman–Crippen MR) is 71.7 cm³/mol. The average molecular weight is 301 g/mol. The van der Waals surface area contributed by atoms with Crippen molar-refractivity contribution in [3.8, 4) is 0 Å². The number of sulfonamides is 1. The predicted octanol–water partition coefficient (Wildman–Crippen LogP) is 0.634. The van der Waals surface area contributed by atoms with Gasteiger partial charge in [0.2, 0.25) is 10.0 Å². The highest BCUT2D eigenvalue weighted by atomic mass is 32.2. The number of nitro groups is 1. The molecule has 0 aliphatic carbocycles. The molecule has 0 saturated carbocycles. The Morgan fingerprint density at radius 1 is 1.50 bits per heavy atom. The zero-order chi connectivity index (χ0) is 14.8. The van der Waals surface area contributed by atoms with E-state index in [0.717, 1.165) is 31.0 Å². The summed E-state index contributed by atoms with van der Waals surface area (Å²) in [6, 6.07) is 3.32. The van der Waals surface area contributed by atoms with E-state index in [4.69, 9.17) is 10.5 Å². The Morgan fingerprint density at radius 3 is 2.80 bits per heavy atom. The SMILES string of the molecule is Nc1cc(S(=O)(=O)NCC2CCCO2)ccc1[N+](=O)[O-]. The summed E-state index contributed by atoms with van der Waals surface area (Å²) < 4.78 is 31.8. The van der Waals surface area contributed by atoms with E-state index in [2.05, 4.69) is 4.72 Å². The van der Waals surface area contributed by atoms with Crippen molar-refractivity contribution >= 4 is 21.4 Å². The molecule has 0 spiro atoms. The maximum absolute atomic E-state index is 12.0. The van der Waals surface area contributed by atoms with Crippen molar-refractivity contribution < 1.29 is 18.1 Å². The number of nitro benzene ring substituents is 1. The van der Waals surface area contributed by atoms with Crippen molar-refractivity contribution in [3.63, 3.8) is 0 Å². The summed E-state index contributed by atoms with van der Waals surface area (Å²) in [5.41, 5.74) is 4.98. The van der Waals surface area contributed by atoms with Crippen LogP contribution in [0.15, 0.2) is 23.1 Å². The molecular formula is C11H15N3O5S. The zero-order valence-corrected chi connectivity index (χ0v) is 11.4. The van der Waals surface area contributed by atoms with E-state index in [-0.39, 0.29) is 28.9 Å². The normalized spacial score (nSPS) is 19.1. The van der Waals surface area contributed by atoms with Crippen LogP contribution in [0.25, 0.3) is 0 Å². The van der Waals surface area contributed by atoms with Crippen LogP contribution in [0.3, 0.4) is 0 Å². The lowest BCUT2D eigenvalue weighted by molar-refractivity contribution is -0.383. The van der Waals surface area contributed by atoms with Gasteiger partial charge in [-0.3, -0.25) is 10.1 Å². The van der Waals surface area contributed by atoms with Crippen molar-refractivity contribution in [2.45, 2.75) is 23.8 Å². The van der Waals surface area contributed by atoms with Crippen LogP contribution >= 0.6 is 0 Å². The Hall–Kier alpha value is -1.71. The highest BCUT2D eigenvalue weighted by Gasteiger charge is 2.22. The van der Waals surface area contributed by atoms with E-state index in [1.54, 1.807) is 0 Å². The Balaban J connectivity index is 2.12. The monoisotopic (exact) mass is 301 g/mol. The second-order valence-electron chi connectivity index (χ2n) is 4.46. The van der Waals surface area contributed by atoms with Crippen molar-refractivity contribution in [2.75, 3.05) is 18.9 Å². The van der Waals surface area contributed by atoms with E-state index < -0.39 is 14.9 Å². The molecule has 0 aromatic heterocycles. The summed E-state index contributed by atoms with van der Waals surface area (Å²) in [6.07, 6.45) is 1.60. The van der Waals surface area contributed by atoms with Crippen LogP contribution in [0.1, 0.15) is 12.8 Å². The number of nitrogens with two attached hydrogens (primary N) is 1. The van der Waals surface area contributed by atoms with Crippen LogP contribution in [0.4, 0.5) is 11.4 Å². The zero-order valence-electron chi connectivity index (χ0n) is 10.6. The van der Waals surface area contributed by atoms with Crippen molar-refractivity contribution in [3.05, 3.63) is 28.3 Å². The minimum absolute atomic E-state index is 0.0985. The first-order chi connectivity index (χ1) is 9.40. The molecular weight excluding hydrogens is 286 g/mol. The number of nitrogen functional groups attached to an aromatic ring is 1. The van der Waals surface area contributed by atoms with Gasteiger partial charge >= 0.3 is 0 Å². The van der Waals surface area contributed by atoms with E-state index in [0.29, 0.717) is 6.61 Å². The second kappa shape index (κ2) is 5.73. The van der Waals surface area contributed by atoms with Crippen LogP contribution in [-0.2, 0) is 14.8 Å². The van der Waals surface area contributed by atoms with Crippen molar-refractivity contribution in [2.24, 2.45) is 0 Å². The van der Waals surface area contributed by atoms with Crippen molar-refractivity contribution in [1.29, 1.82) is 0 Å². The van der Waals surface area contributed by atoms with Gasteiger partial charge in [-0.15, -0.1) is 0 Å². The van der Waals surface area contributed by atoms with E-state index in [9.17, 15) is 18.5 Å². The molecule has 1 fully saturated rings. The van der Waals surface area contributed by atoms with E-state index >= 15 is 0 Å². The molecule has 110 valence electrons. The molecule has 0 bridgehead atoms. The van der Waals surface area contributed by atoms with Crippen LogP contribution in [-0.4, -0.2) is 32.6 Å². The van der Waals surface area contributed by atoms with Gasteiger partial charge in [-0.05, 0) is 25.0 Å². The summed E-state index contributed by atoms with van der Waals surface area (Å²) in [5, 5.41) is 10.6. The van der Waals surface area contributed by atoms with Crippen LogP contribution in [0.5, 0.6) is 0 Å². The third-order valence-electron chi connectivity index (χ3n) is 3.03. The minimum atomic E-state index is -3.75. The fourth-order valence-electron chi connectivity index (χ4n) is 1.96. The Morgan fingerprint density at radius 2 is 2.25 bits per heavy atom. The molecule has 9 heteroatoms. The number of hydrogen-bond acceptors (Lipinski definition) is 6. The number of rotatable bonds is 5. The first-order valence-corrected chi connectivity index (χ1v) is 7.53. The summed E-state index contributed by atoms with van der Waals surface area (Å²) in [5.74, 6) is 0. The quantitative estimate of drug-likeness (QED) is 0.467. The number of ether oxygens (including phenoxy) is 1. The topological polar surface area (TPSA) is 125 Å². The number of hydrogen-bond donors (Lipinski definition) is 2. The molecule has 8 nitrogen and oxygen atoms in total. The third kappa shape index (κ3) is 3.24. The highest BCUT2D eigenvalue weighted by Crippen LogP contribution is 2.24. The first-order valence-electron chi connectivity index (χ1n) is 6.05. The van der Waals surface area contributed by atoms with Crippen LogP contribution in [0.2, 0.25) is 0 Å². The lowest BCUT2D eigenvalue weighted by Crippen LogP contribution is -2.31. The maximum atomic E-state index is 12.0. The fraction of sp³-hybridized carbons (Fsp3) is 0.455. The Kier molecular flexibility index (Phi) is 4.21. The van der Waals surface area contributed by atoms with Gasteiger partial charge in [0, 0.05) is 19.2 Å². The van der Waals surface area contributed by atoms with Crippen molar-refractivity contribution in [1.82, 2.24) is 4.72 Å². The summed E-state index contributed by atoms with van der Waals surface area (Å²) >= 11 is 0. The molecule has 1 aliphatic heterocycles. The van der Waals surface area contributed by atoms with E-state index in [1.165, 1.54) is 0 Å². The van der Waals surface area contributed by atoms with Crippen LogP contribution < -0.4 is 10.5 Å². The molecule has 0 radical (unpaired) electrons. The second-order valence-corrected chi connectivity index (χ2v) is 6.23. The van der Waals surface area contributed by atoms with Gasteiger partial charge in [0.15, 0.2) is 0 Å². The highest BCUT2D eigenvalue weighted by molar-refractivity contribution is 7.89. The molecule has 1 unspecified atom stereocenters. The molecule has 1 atom stereocenters. The number of nitrogens with zero attached hydrogens (tertiary/aromatic N) is 1. The summed E-state index contributed by atoms with van der Waals surface area (Å²) in [6.45, 7) is 0.816. The molecule has 0 amide bonds. The van der Waals surface area contributed by atoms with Gasteiger partial charge in [0.1, 0.15) is 5.69 Å². The molecule has 20 heavy (non-hydrogen) atoms. The van der Waals surface area contributed by atoms with Crippen LogP contribution in [0, 0.1) is 10.1 Å².